The molecule has 2 rings (SSSR count). The summed E-state index contributed by atoms with van der Waals surface area (Å²) in [6.07, 6.45) is 1.40. The molecule has 0 bridgehead atoms. The molecule has 2 N–H and O–H groups in total. The normalized spacial score (nSPS) is 10.5. The summed E-state index contributed by atoms with van der Waals surface area (Å²) in [6.45, 7) is 0.264. The highest BCUT2D eigenvalue weighted by Gasteiger charge is 2.04. The highest BCUT2D eigenvalue weighted by atomic mass is 79.9. The minimum absolute atomic E-state index is 0.264. The number of nitrogens with zero attached hydrogens (tertiary/aromatic N) is 2. The Bertz CT molecular complexity index is 612. The monoisotopic (exact) mass is 297 g/mol. The molecule has 0 aliphatic rings. The SMILES string of the molecule is Nc1cnn(Cc2ccc(F)cc2Br)c(=O)c1. The van der Waals surface area contributed by atoms with Gasteiger partial charge in [-0.3, -0.25) is 4.79 Å². The zero-order valence-corrected chi connectivity index (χ0v) is 10.3. The second-order valence-corrected chi connectivity index (χ2v) is 4.37. The number of nitrogens with two attached hydrogens (primary N) is 1. The Labute approximate surface area is 105 Å². The van der Waals surface area contributed by atoms with Crippen LogP contribution < -0.4 is 11.3 Å². The van der Waals surface area contributed by atoms with Gasteiger partial charge in [0.25, 0.3) is 5.56 Å². The smallest absolute Gasteiger partial charge is 0.269 e. The number of hydrogen-bond donors (Lipinski definition) is 1. The molecule has 0 spiro atoms. The number of benzene rings is 1. The summed E-state index contributed by atoms with van der Waals surface area (Å²) in [7, 11) is 0. The third-order valence-electron chi connectivity index (χ3n) is 2.23. The van der Waals surface area contributed by atoms with Crippen molar-refractivity contribution in [3.63, 3.8) is 0 Å². The van der Waals surface area contributed by atoms with E-state index >= 15 is 0 Å². The van der Waals surface area contributed by atoms with Crippen LogP contribution in [0.3, 0.4) is 0 Å². The average Bonchev–Trinajstić information content (AvgIpc) is 2.25. The van der Waals surface area contributed by atoms with Crippen molar-refractivity contribution in [2.24, 2.45) is 0 Å². The Morgan fingerprint density at radius 3 is 2.82 bits per heavy atom. The third-order valence-corrected chi connectivity index (χ3v) is 2.96. The van der Waals surface area contributed by atoms with Gasteiger partial charge < -0.3 is 5.73 Å². The minimum atomic E-state index is -0.335. The molecule has 6 heteroatoms. The van der Waals surface area contributed by atoms with Gasteiger partial charge in [-0.1, -0.05) is 22.0 Å². The summed E-state index contributed by atoms with van der Waals surface area (Å²) in [4.78, 5) is 11.6. The Hall–Kier alpha value is -1.69. The summed E-state index contributed by atoms with van der Waals surface area (Å²) in [6, 6.07) is 5.58. The van der Waals surface area contributed by atoms with Crippen LogP contribution in [-0.4, -0.2) is 9.78 Å². The first-order valence-electron chi connectivity index (χ1n) is 4.83. The summed E-state index contributed by atoms with van der Waals surface area (Å²) < 4.78 is 14.7. The molecule has 1 aromatic heterocycles. The van der Waals surface area contributed by atoms with Crippen molar-refractivity contribution in [3.8, 4) is 0 Å². The molecule has 4 nitrogen and oxygen atoms in total. The quantitative estimate of drug-likeness (QED) is 0.919. The van der Waals surface area contributed by atoms with Gasteiger partial charge >= 0.3 is 0 Å². The number of anilines is 1. The van der Waals surface area contributed by atoms with Crippen LogP contribution >= 0.6 is 15.9 Å². The van der Waals surface area contributed by atoms with E-state index in [1.807, 2.05) is 0 Å². The van der Waals surface area contributed by atoms with Gasteiger partial charge in [0.2, 0.25) is 0 Å². The summed E-state index contributed by atoms with van der Waals surface area (Å²) in [5, 5.41) is 3.90. The zero-order valence-electron chi connectivity index (χ0n) is 8.73. The predicted molar refractivity (Wildman–Crippen MR) is 66.1 cm³/mol. The molecule has 17 heavy (non-hydrogen) atoms. The van der Waals surface area contributed by atoms with Crippen LogP contribution in [0.15, 0.2) is 39.7 Å². The van der Waals surface area contributed by atoms with Crippen molar-refractivity contribution < 1.29 is 4.39 Å². The first kappa shape index (κ1) is 11.8. The summed E-state index contributed by atoms with van der Waals surface area (Å²) in [5.41, 5.74) is 6.24. The van der Waals surface area contributed by atoms with Crippen LogP contribution in [0.2, 0.25) is 0 Å². The lowest BCUT2D eigenvalue weighted by atomic mass is 10.2. The lowest BCUT2D eigenvalue weighted by Gasteiger charge is -2.06. The minimum Gasteiger partial charge on any atom is -0.397 e. The standard InChI is InChI=1S/C11H9BrFN3O/c12-10-3-8(13)2-1-7(10)6-16-11(17)4-9(14)5-15-16/h1-5H,6,14H2. The maximum atomic E-state index is 12.9. The maximum Gasteiger partial charge on any atom is 0.269 e. The maximum absolute atomic E-state index is 12.9. The molecule has 0 fully saturated rings. The van der Waals surface area contributed by atoms with Gasteiger partial charge in [-0.2, -0.15) is 5.10 Å². The lowest BCUT2D eigenvalue weighted by molar-refractivity contribution is 0.617. The number of hydrogen-bond acceptors (Lipinski definition) is 3. The van der Waals surface area contributed by atoms with Gasteiger partial charge in [-0.05, 0) is 17.7 Å². The van der Waals surface area contributed by atoms with E-state index in [1.165, 1.54) is 29.1 Å². The molecule has 88 valence electrons. The third kappa shape index (κ3) is 2.71. The van der Waals surface area contributed by atoms with Crippen LogP contribution in [0, 0.1) is 5.82 Å². The topological polar surface area (TPSA) is 60.9 Å². The predicted octanol–water partition coefficient (Wildman–Crippen LogP) is 1.78. The molecule has 1 heterocycles. The highest BCUT2D eigenvalue weighted by Crippen LogP contribution is 2.18. The second kappa shape index (κ2) is 4.67. The molecule has 1 aromatic carbocycles. The van der Waals surface area contributed by atoms with Crippen LogP contribution in [0.1, 0.15) is 5.56 Å². The van der Waals surface area contributed by atoms with Gasteiger partial charge in [0.05, 0.1) is 18.4 Å². The molecule has 2 aromatic rings. The molecule has 0 aliphatic heterocycles. The zero-order chi connectivity index (χ0) is 12.4. The van der Waals surface area contributed by atoms with Gasteiger partial charge in [0.1, 0.15) is 5.82 Å². The van der Waals surface area contributed by atoms with Gasteiger partial charge in [-0.15, -0.1) is 0 Å². The molecular weight excluding hydrogens is 289 g/mol. The Balaban J connectivity index is 2.35. The summed E-state index contributed by atoms with van der Waals surface area (Å²) in [5.74, 6) is -0.335. The fourth-order valence-electron chi connectivity index (χ4n) is 1.38. The number of nitrogen functional groups attached to an aromatic ring is 1. The van der Waals surface area contributed by atoms with E-state index in [-0.39, 0.29) is 17.9 Å². The molecule has 0 unspecified atom stereocenters. The first-order valence-corrected chi connectivity index (χ1v) is 5.62. The van der Waals surface area contributed by atoms with Crippen molar-refractivity contribution in [1.29, 1.82) is 0 Å². The largest absolute Gasteiger partial charge is 0.397 e. The van der Waals surface area contributed by atoms with Crippen molar-refractivity contribution in [2.45, 2.75) is 6.54 Å². The van der Waals surface area contributed by atoms with E-state index in [9.17, 15) is 9.18 Å². The molecular formula is C11H9BrFN3O. The van der Waals surface area contributed by atoms with Crippen molar-refractivity contribution in [2.75, 3.05) is 5.73 Å². The van der Waals surface area contributed by atoms with Crippen molar-refractivity contribution in [1.82, 2.24) is 9.78 Å². The second-order valence-electron chi connectivity index (χ2n) is 3.52. The number of aromatic nitrogens is 2. The van der Waals surface area contributed by atoms with E-state index in [2.05, 4.69) is 21.0 Å². The van der Waals surface area contributed by atoms with Crippen LogP contribution in [0.5, 0.6) is 0 Å². The van der Waals surface area contributed by atoms with E-state index < -0.39 is 0 Å². The Morgan fingerprint density at radius 2 is 2.18 bits per heavy atom. The fraction of sp³-hybridized carbons (Fsp3) is 0.0909. The Kier molecular flexibility index (Phi) is 3.23. The molecule has 0 atom stereocenters. The van der Waals surface area contributed by atoms with Gasteiger partial charge in [0, 0.05) is 10.5 Å². The molecule has 0 radical (unpaired) electrons. The van der Waals surface area contributed by atoms with Crippen molar-refractivity contribution >= 4 is 21.6 Å². The van der Waals surface area contributed by atoms with Gasteiger partial charge in [0.15, 0.2) is 0 Å². The lowest BCUT2D eigenvalue weighted by Crippen LogP contribution is -2.23. The fourth-order valence-corrected chi connectivity index (χ4v) is 1.85. The van der Waals surface area contributed by atoms with E-state index in [1.54, 1.807) is 6.07 Å². The van der Waals surface area contributed by atoms with E-state index in [0.29, 0.717) is 10.2 Å². The molecule has 0 aliphatic carbocycles. The van der Waals surface area contributed by atoms with Gasteiger partial charge in [-0.25, -0.2) is 9.07 Å². The Morgan fingerprint density at radius 1 is 1.41 bits per heavy atom. The number of rotatable bonds is 2. The first-order chi connectivity index (χ1) is 8.06. The van der Waals surface area contributed by atoms with E-state index in [4.69, 9.17) is 5.73 Å². The average molecular weight is 298 g/mol. The van der Waals surface area contributed by atoms with Crippen molar-refractivity contribution in [3.05, 3.63) is 56.7 Å². The molecule has 0 saturated carbocycles. The number of halogens is 2. The molecule has 0 saturated heterocycles. The van der Waals surface area contributed by atoms with Crippen LogP contribution in [-0.2, 0) is 6.54 Å². The summed E-state index contributed by atoms with van der Waals surface area (Å²) >= 11 is 3.24. The van der Waals surface area contributed by atoms with Crippen LogP contribution in [0.25, 0.3) is 0 Å². The highest BCUT2D eigenvalue weighted by molar-refractivity contribution is 9.10. The van der Waals surface area contributed by atoms with Crippen LogP contribution in [0.4, 0.5) is 10.1 Å². The van der Waals surface area contributed by atoms with E-state index in [0.717, 1.165) is 5.56 Å². The molecule has 0 amide bonds.